The Bertz CT molecular complexity index is 1090. The number of carbonyl (C=O) groups is 1. The summed E-state index contributed by atoms with van der Waals surface area (Å²) >= 11 is 5.92. The summed E-state index contributed by atoms with van der Waals surface area (Å²) in [5, 5.41) is 3.59. The van der Waals surface area contributed by atoms with Gasteiger partial charge in [-0.1, -0.05) is 41.4 Å². The minimum absolute atomic E-state index is 0.0955. The molecule has 1 aliphatic rings. The molecule has 4 rings (SSSR count). The van der Waals surface area contributed by atoms with E-state index in [-0.39, 0.29) is 6.03 Å². The number of nitrogens with zero attached hydrogens (tertiary/aromatic N) is 4. The Balaban J connectivity index is 1.46. The number of aromatic nitrogens is 2. The van der Waals surface area contributed by atoms with Crippen LogP contribution in [0.5, 0.6) is 0 Å². The van der Waals surface area contributed by atoms with E-state index in [0.29, 0.717) is 18.1 Å². The maximum absolute atomic E-state index is 12.7. The number of carbonyl (C=O) groups excluding carboxylic acids is 1. The van der Waals surface area contributed by atoms with Crippen molar-refractivity contribution in [2.75, 3.05) is 36.4 Å². The van der Waals surface area contributed by atoms with Gasteiger partial charge in [-0.15, -0.1) is 0 Å². The Hall–Kier alpha value is -3.12. The standard InChI is InChI=1S/C25H28ClN5O/c1-17-4-6-20(7-5-17)16-23-18(2)27-19(3)28-24(23)30-12-14-31(15-13-30)25(32)29-22-10-8-21(26)9-11-22/h4-11H,12-16H2,1-3H3,(H,29,32). The van der Waals surface area contributed by atoms with E-state index in [1.165, 1.54) is 11.1 Å². The smallest absolute Gasteiger partial charge is 0.321 e. The van der Waals surface area contributed by atoms with Crippen molar-refractivity contribution in [1.82, 2.24) is 14.9 Å². The van der Waals surface area contributed by atoms with Crippen molar-refractivity contribution in [1.29, 1.82) is 0 Å². The quantitative estimate of drug-likeness (QED) is 0.608. The molecule has 1 saturated heterocycles. The predicted octanol–water partition coefficient (Wildman–Crippen LogP) is 5.00. The largest absolute Gasteiger partial charge is 0.353 e. The molecule has 1 aromatic heterocycles. The molecule has 0 aliphatic carbocycles. The molecule has 0 unspecified atom stereocenters. The first-order valence-electron chi connectivity index (χ1n) is 10.8. The predicted molar refractivity (Wildman–Crippen MR) is 130 cm³/mol. The fourth-order valence-electron chi connectivity index (χ4n) is 3.95. The average molecular weight is 450 g/mol. The van der Waals surface area contributed by atoms with Crippen molar-refractivity contribution in [3.63, 3.8) is 0 Å². The van der Waals surface area contributed by atoms with E-state index >= 15 is 0 Å². The van der Waals surface area contributed by atoms with Crippen LogP contribution in [0, 0.1) is 20.8 Å². The van der Waals surface area contributed by atoms with Crippen molar-refractivity contribution in [2.45, 2.75) is 27.2 Å². The van der Waals surface area contributed by atoms with Gasteiger partial charge in [0.25, 0.3) is 0 Å². The van der Waals surface area contributed by atoms with Crippen molar-refractivity contribution in [3.05, 3.63) is 81.8 Å². The molecule has 1 aliphatic heterocycles. The maximum atomic E-state index is 12.7. The van der Waals surface area contributed by atoms with Crippen LogP contribution in [0.25, 0.3) is 0 Å². The third kappa shape index (κ3) is 5.19. The van der Waals surface area contributed by atoms with Gasteiger partial charge in [0.1, 0.15) is 11.6 Å². The van der Waals surface area contributed by atoms with Crippen LogP contribution in [-0.4, -0.2) is 47.1 Å². The minimum atomic E-state index is -0.0955. The summed E-state index contributed by atoms with van der Waals surface area (Å²) in [6, 6.07) is 15.7. The van der Waals surface area contributed by atoms with Crippen LogP contribution in [0.15, 0.2) is 48.5 Å². The van der Waals surface area contributed by atoms with Crippen LogP contribution in [0.4, 0.5) is 16.3 Å². The molecule has 2 amide bonds. The van der Waals surface area contributed by atoms with Gasteiger partial charge in [-0.05, 0) is 50.6 Å². The van der Waals surface area contributed by atoms with Gasteiger partial charge in [-0.2, -0.15) is 0 Å². The Morgan fingerprint density at radius 3 is 2.25 bits per heavy atom. The van der Waals surface area contributed by atoms with Gasteiger partial charge >= 0.3 is 6.03 Å². The second kappa shape index (κ2) is 9.57. The summed E-state index contributed by atoms with van der Waals surface area (Å²) in [7, 11) is 0. The van der Waals surface area contributed by atoms with Gasteiger partial charge in [0.15, 0.2) is 0 Å². The molecule has 0 radical (unpaired) electrons. The number of piperazine rings is 1. The molecule has 7 heteroatoms. The monoisotopic (exact) mass is 449 g/mol. The van der Waals surface area contributed by atoms with Crippen molar-refractivity contribution >= 4 is 29.1 Å². The highest BCUT2D eigenvalue weighted by Crippen LogP contribution is 2.25. The summed E-state index contributed by atoms with van der Waals surface area (Å²) in [6.45, 7) is 8.80. The molecule has 0 bridgehead atoms. The zero-order valence-corrected chi connectivity index (χ0v) is 19.5. The number of nitrogens with one attached hydrogen (secondary N) is 1. The van der Waals surface area contributed by atoms with Crippen LogP contribution in [0.2, 0.25) is 5.02 Å². The van der Waals surface area contributed by atoms with Crippen LogP contribution in [-0.2, 0) is 6.42 Å². The molecule has 1 fully saturated rings. The highest BCUT2D eigenvalue weighted by Gasteiger charge is 2.25. The van der Waals surface area contributed by atoms with E-state index in [4.69, 9.17) is 16.6 Å². The van der Waals surface area contributed by atoms with Crippen molar-refractivity contribution < 1.29 is 4.79 Å². The van der Waals surface area contributed by atoms with Crippen LogP contribution < -0.4 is 10.2 Å². The lowest BCUT2D eigenvalue weighted by molar-refractivity contribution is 0.208. The molecule has 1 N–H and O–H groups in total. The average Bonchev–Trinajstić information content (AvgIpc) is 2.78. The number of urea groups is 1. The molecule has 0 atom stereocenters. The lowest BCUT2D eigenvalue weighted by Gasteiger charge is -2.36. The summed E-state index contributed by atoms with van der Waals surface area (Å²) < 4.78 is 0. The SMILES string of the molecule is Cc1ccc(Cc2c(C)nc(C)nc2N2CCN(C(=O)Nc3ccc(Cl)cc3)CC2)cc1. The zero-order chi connectivity index (χ0) is 22.7. The summed E-state index contributed by atoms with van der Waals surface area (Å²) in [6.07, 6.45) is 0.791. The van der Waals surface area contributed by atoms with Crippen LogP contribution in [0.3, 0.4) is 0 Å². The maximum Gasteiger partial charge on any atom is 0.321 e. The third-order valence-electron chi connectivity index (χ3n) is 5.77. The lowest BCUT2D eigenvalue weighted by atomic mass is 10.0. The van der Waals surface area contributed by atoms with Gasteiger partial charge < -0.3 is 15.1 Å². The van der Waals surface area contributed by atoms with Crippen molar-refractivity contribution in [2.24, 2.45) is 0 Å². The number of anilines is 2. The van der Waals surface area contributed by atoms with E-state index in [9.17, 15) is 4.79 Å². The Morgan fingerprint density at radius 1 is 0.938 bits per heavy atom. The van der Waals surface area contributed by atoms with Gasteiger partial charge in [0.05, 0.1) is 0 Å². The fraction of sp³-hybridized carbons (Fsp3) is 0.320. The van der Waals surface area contributed by atoms with E-state index in [2.05, 4.69) is 53.3 Å². The van der Waals surface area contributed by atoms with E-state index < -0.39 is 0 Å². The number of aryl methyl sites for hydroxylation is 3. The van der Waals surface area contributed by atoms with Gasteiger partial charge in [-0.25, -0.2) is 14.8 Å². The molecule has 2 aromatic carbocycles. The van der Waals surface area contributed by atoms with Crippen molar-refractivity contribution in [3.8, 4) is 0 Å². The first kappa shape index (κ1) is 22.1. The number of hydrogen-bond donors (Lipinski definition) is 1. The second-order valence-corrected chi connectivity index (χ2v) is 8.67. The highest BCUT2D eigenvalue weighted by atomic mass is 35.5. The molecule has 0 spiro atoms. The molecular weight excluding hydrogens is 422 g/mol. The molecular formula is C25H28ClN5O. The number of rotatable bonds is 4. The van der Waals surface area contributed by atoms with Gasteiger partial charge in [0, 0.05) is 54.6 Å². The third-order valence-corrected chi connectivity index (χ3v) is 6.02. The number of amides is 2. The van der Waals surface area contributed by atoms with Crippen LogP contribution in [0.1, 0.15) is 28.2 Å². The Morgan fingerprint density at radius 2 is 1.59 bits per heavy atom. The molecule has 166 valence electrons. The van der Waals surface area contributed by atoms with E-state index in [1.807, 2.05) is 11.8 Å². The topological polar surface area (TPSA) is 61.4 Å². The molecule has 0 saturated carbocycles. The van der Waals surface area contributed by atoms with Gasteiger partial charge in [-0.3, -0.25) is 0 Å². The Kier molecular flexibility index (Phi) is 6.61. The number of hydrogen-bond acceptors (Lipinski definition) is 4. The minimum Gasteiger partial charge on any atom is -0.353 e. The molecule has 32 heavy (non-hydrogen) atoms. The highest BCUT2D eigenvalue weighted by molar-refractivity contribution is 6.30. The zero-order valence-electron chi connectivity index (χ0n) is 18.7. The van der Waals surface area contributed by atoms with E-state index in [0.717, 1.165) is 48.1 Å². The van der Waals surface area contributed by atoms with E-state index in [1.54, 1.807) is 24.3 Å². The number of benzene rings is 2. The summed E-state index contributed by atoms with van der Waals surface area (Å²) in [5.41, 5.74) is 5.39. The first-order chi connectivity index (χ1) is 15.4. The Labute approximate surface area is 194 Å². The van der Waals surface area contributed by atoms with Crippen LogP contribution >= 0.6 is 11.6 Å². The normalized spacial score (nSPS) is 13.9. The summed E-state index contributed by atoms with van der Waals surface area (Å²) in [5.74, 6) is 1.75. The lowest BCUT2D eigenvalue weighted by Crippen LogP contribution is -2.50. The van der Waals surface area contributed by atoms with Gasteiger partial charge in [0.2, 0.25) is 0 Å². The first-order valence-corrected chi connectivity index (χ1v) is 11.2. The fourth-order valence-corrected chi connectivity index (χ4v) is 4.08. The summed E-state index contributed by atoms with van der Waals surface area (Å²) in [4.78, 5) is 26.2. The molecule has 6 nitrogen and oxygen atoms in total. The molecule has 3 aromatic rings. The molecule has 2 heterocycles. The second-order valence-electron chi connectivity index (χ2n) is 8.23. The number of halogens is 1.